The molecular formula is C15H20BrNO. The van der Waals surface area contributed by atoms with E-state index in [1.165, 1.54) is 25.7 Å². The van der Waals surface area contributed by atoms with Crippen molar-refractivity contribution in [2.45, 2.75) is 38.6 Å². The van der Waals surface area contributed by atoms with Crippen LogP contribution in [0.4, 0.5) is 0 Å². The summed E-state index contributed by atoms with van der Waals surface area (Å²) >= 11 is 3.41. The minimum absolute atomic E-state index is 0.227. The summed E-state index contributed by atoms with van der Waals surface area (Å²) in [5, 5.41) is 0. The van der Waals surface area contributed by atoms with Crippen molar-refractivity contribution >= 4 is 21.7 Å². The van der Waals surface area contributed by atoms with E-state index in [0.29, 0.717) is 12.6 Å². The van der Waals surface area contributed by atoms with Gasteiger partial charge >= 0.3 is 0 Å². The molecular weight excluding hydrogens is 290 g/mol. The maximum atomic E-state index is 12.3. The fraction of sp³-hybridized carbons (Fsp3) is 0.533. The van der Waals surface area contributed by atoms with Crippen LogP contribution in [-0.2, 0) is 0 Å². The monoisotopic (exact) mass is 309 g/mol. The molecule has 1 saturated carbocycles. The molecule has 0 amide bonds. The summed E-state index contributed by atoms with van der Waals surface area (Å²) in [6.45, 7) is 3.66. The average Bonchev–Trinajstić information content (AvgIpc) is 2.89. The molecule has 1 aliphatic rings. The first kappa shape index (κ1) is 13.8. The van der Waals surface area contributed by atoms with Crippen molar-refractivity contribution < 1.29 is 4.79 Å². The lowest BCUT2D eigenvalue weighted by Crippen LogP contribution is -2.37. The summed E-state index contributed by atoms with van der Waals surface area (Å²) < 4.78 is 0.970. The van der Waals surface area contributed by atoms with Gasteiger partial charge < -0.3 is 0 Å². The first-order valence-electron chi connectivity index (χ1n) is 6.73. The van der Waals surface area contributed by atoms with E-state index in [1.54, 1.807) is 0 Å². The zero-order chi connectivity index (χ0) is 13.0. The van der Waals surface area contributed by atoms with Crippen molar-refractivity contribution in [3.8, 4) is 0 Å². The molecule has 18 heavy (non-hydrogen) atoms. The van der Waals surface area contributed by atoms with Crippen molar-refractivity contribution in [2.24, 2.45) is 0 Å². The molecule has 1 fully saturated rings. The Morgan fingerprint density at radius 2 is 2.11 bits per heavy atom. The van der Waals surface area contributed by atoms with Crippen LogP contribution in [0.5, 0.6) is 0 Å². The normalized spacial score (nSPS) is 16.4. The summed E-state index contributed by atoms with van der Waals surface area (Å²) in [5.74, 6) is 0.227. The van der Waals surface area contributed by atoms with Gasteiger partial charge in [-0.2, -0.15) is 0 Å². The van der Waals surface area contributed by atoms with Crippen LogP contribution in [0.3, 0.4) is 0 Å². The lowest BCUT2D eigenvalue weighted by molar-refractivity contribution is 0.0899. The number of halogens is 1. The van der Waals surface area contributed by atoms with Crippen molar-refractivity contribution in [1.29, 1.82) is 0 Å². The summed E-state index contributed by atoms with van der Waals surface area (Å²) in [4.78, 5) is 14.6. The highest BCUT2D eigenvalue weighted by Gasteiger charge is 2.23. The molecule has 0 saturated heterocycles. The van der Waals surface area contributed by atoms with Crippen LogP contribution < -0.4 is 0 Å². The van der Waals surface area contributed by atoms with E-state index in [-0.39, 0.29) is 5.78 Å². The molecule has 0 heterocycles. The zero-order valence-electron chi connectivity index (χ0n) is 10.9. The molecule has 2 nitrogen and oxygen atoms in total. The summed E-state index contributed by atoms with van der Waals surface area (Å²) in [5.41, 5.74) is 0.806. The second kappa shape index (κ2) is 6.48. The number of rotatable bonds is 5. The summed E-state index contributed by atoms with van der Waals surface area (Å²) in [6, 6.07) is 8.29. The van der Waals surface area contributed by atoms with E-state index >= 15 is 0 Å². The van der Waals surface area contributed by atoms with E-state index in [0.717, 1.165) is 16.6 Å². The SMILES string of the molecule is CCN(CC(=O)c1cccc(Br)c1)C1CCCC1. The van der Waals surface area contributed by atoms with Crippen LogP contribution >= 0.6 is 15.9 Å². The number of ketones is 1. The highest BCUT2D eigenvalue weighted by molar-refractivity contribution is 9.10. The Labute approximate surface area is 117 Å². The van der Waals surface area contributed by atoms with Crippen molar-refractivity contribution in [3.05, 3.63) is 34.3 Å². The molecule has 0 atom stereocenters. The second-order valence-electron chi connectivity index (χ2n) is 4.93. The van der Waals surface area contributed by atoms with Crippen LogP contribution in [0.15, 0.2) is 28.7 Å². The average molecular weight is 310 g/mol. The minimum Gasteiger partial charge on any atom is -0.293 e. The van der Waals surface area contributed by atoms with Crippen molar-refractivity contribution in [2.75, 3.05) is 13.1 Å². The third-order valence-corrected chi connectivity index (χ3v) is 4.23. The van der Waals surface area contributed by atoms with E-state index in [4.69, 9.17) is 0 Å². The molecule has 2 rings (SSSR count). The summed E-state index contributed by atoms with van der Waals surface area (Å²) in [7, 11) is 0. The molecule has 0 aliphatic heterocycles. The molecule has 1 aliphatic carbocycles. The Morgan fingerprint density at radius 1 is 1.39 bits per heavy atom. The topological polar surface area (TPSA) is 20.3 Å². The highest BCUT2D eigenvalue weighted by Crippen LogP contribution is 2.23. The molecule has 1 aromatic rings. The van der Waals surface area contributed by atoms with Crippen LogP contribution in [0.2, 0.25) is 0 Å². The molecule has 0 bridgehead atoms. The fourth-order valence-electron chi connectivity index (χ4n) is 2.71. The largest absolute Gasteiger partial charge is 0.293 e. The van der Waals surface area contributed by atoms with Crippen LogP contribution in [0.1, 0.15) is 43.0 Å². The van der Waals surface area contributed by atoms with Gasteiger partial charge in [0.1, 0.15) is 0 Å². The van der Waals surface area contributed by atoms with E-state index < -0.39 is 0 Å². The molecule has 0 radical (unpaired) electrons. The molecule has 0 aromatic heterocycles. The van der Waals surface area contributed by atoms with Crippen molar-refractivity contribution in [3.63, 3.8) is 0 Å². The number of likely N-dealkylation sites (N-methyl/N-ethyl adjacent to an activating group) is 1. The lowest BCUT2D eigenvalue weighted by atomic mass is 10.1. The fourth-order valence-corrected chi connectivity index (χ4v) is 3.11. The molecule has 98 valence electrons. The Balaban J connectivity index is 2.00. The molecule has 1 aromatic carbocycles. The first-order valence-corrected chi connectivity index (χ1v) is 7.53. The first-order chi connectivity index (χ1) is 8.70. The maximum absolute atomic E-state index is 12.3. The van der Waals surface area contributed by atoms with Crippen LogP contribution in [0.25, 0.3) is 0 Å². The van der Waals surface area contributed by atoms with Crippen molar-refractivity contribution in [1.82, 2.24) is 4.90 Å². The Morgan fingerprint density at radius 3 is 2.72 bits per heavy atom. The quantitative estimate of drug-likeness (QED) is 0.769. The van der Waals surface area contributed by atoms with Crippen LogP contribution in [0, 0.1) is 0 Å². The van der Waals surface area contributed by atoms with Gasteiger partial charge in [0.25, 0.3) is 0 Å². The van der Waals surface area contributed by atoms with E-state index in [1.807, 2.05) is 24.3 Å². The van der Waals surface area contributed by atoms with E-state index in [2.05, 4.69) is 27.8 Å². The number of carbonyl (C=O) groups excluding carboxylic acids is 1. The smallest absolute Gasteiger partial charge is 0.176 e. The number of benzene rings is 1. The number of hydrogen-bond acceptors (Lipinski definition) is 2. The Kier molecular flexibility index (Phi) is 4.95. The number of hydrogen-bond donors (Lipinski definition) is 0. The Hall–Kier alpha value is -0.670. The second-order valence-corrected chi connectivity index (χ2v) is 5.85. The molecule has 3 heteroatoms. The van der Waals surface area contributed by atoms with Gasteiger partial charge in [-0.15, -0.1) is 0 Å². The van der Waals surface area contributed by atoms with Gasteiger partial charge in [-0.1, -0.05) is 47.8 Å². The van der Waals surface area contributed by atoms with Crippen LogP contribution in [-0.4, -0.2) is 29.8 Å². The Bertz CT molecular complexity index is 413. The van der Waals surface area contributed by atoms with Gasteiger partial charge in [0.15, 0.2) is 5.78 Å². The molecule has 0 N–H and O–H groups in total. The number of Topliss-reactive ketones (excluding diaryl/α,β-unsaturated/α-hetero) is 1. The maximum Gasteiger partial charge on any atom is 0.176 e. The lowest BCUT2D eigenvalue weighted by Gasteiger charge is -2.26. The zero-order valence-corrected chi connectivity index (χ0v) is 12.4. The predicted molar refractivity (Wildman–Crippen MR) is 78.0 cm³/mol. The number of carbonyl (C=O) groups is 1. The van der Waals surface area contributed by atoms with E-state index in [9.17, 15) is 4.79 Å². The van der Waals surface area contributed by atoms with Gasteiger partial charge in [-0.05, 0) is 31.5 Å². The summed E-state index contributed by atoms with van der Waals surface area (Å²) in [6.07, 6.45) is 5.12. The number of nitrogens with zero attached hydrogens (tertiary/aromatic N) is 1. The molecule has 0 unspecified atom stereocenters. The third kappa shape index (κ3) is 3.42. The molecule has 0 spiro atoms. The van der Waals surface area contributed by atoms with Gasteiger partial charge in [-0.25, -0.2) is 0 Å². The minimum atomic E-state index is 0.227. The predicted octanol–water partition coefficient (Wildman–Crippen LogP) is 3.90. The third-order valence-electron chi connectivity index (χ3n) is 3.74. The van der Waals surface area contributed by atoms with Gasteiger partial charge in [-0.3, -0.25) is 9.69 Å². The van der Waals surface area contributed by atoms with Gasteiger partial charge in [0, 0.05) is 16.1 Å². The van der Waals surface area contributed by atoms with Gasteiger partial charge in [0.05, 0.1) is 6.54 Å². The van der Waals surface area contributed by atoms with Gasteiger partial charge in [0.2, 0.25) is 0 Å². The standard InChI is InChI=1S/C15H20BrNO/c1-2-17(14-8-3-4-9-14)11-15(18)12-6-5-7-13(16)10-12/h5-7,10,14H,2-4,8-9,11H2,1H3. The highest BCUT2D eigenvalue weighted by atomic mass is 79.9.